The molecule has 0 radical (unpaired) electrons. The molecule has 34 heavy (non-hydrogen) atoms. The maximum Gasteiger partial charge on any atom is 0.242 e. The van der Waals surface area contributed by atoms with Crippen LogP contribution in [0.5, 0.6) is 17.2 Å². The molecule has 4 unspecified atom stereocenters. The Hall–Kier alpha value is -2.81. The molecule has 2 aromatic carbocycles. The van der Waals surface area contributed by atoms with Crippen molar-refractivity contribution in [3.8, 4) is 17.2 Å². The van der Waals surface area contributed by atoms with Crippen LogP contribution in [0.2, 0.25) is 0 Å². The molecule has 0 aliphatic carbocycles. The zero-order valence-corrected chi connectivity index (χ0v) is 20.2. The van der Waals surface area contributed by atoms with Crippen molar-refractivity contribution in [1.82, 2.24) is 15.8 Å². The fraction of sp³-hybridized carbons (Fsp3) is 0.500. The number of aromatic hydroxyl groups is 1. The number of rotatable bonds is 9. The molecule has 4 rings (SSSR count). The van der Waals surface area contributed by atoms with Gasteiger partial charge in [-0.15, -0.1) is 0 Å². The molecule has 2 saturated heterocycles. The number of phenolic OH excluding ortho intramolecular Hbond substituents is 1. The third-order valence-corrected chi connectivity index (χ3v) is 6.75. The van der Waals surface area contributed by atoms with Gasteiger partial charge in [0.25, 0.3) is 0 Å². The predicted molar refractivity (Wildman–Crippen MR) is 129 cm³/mol. The number of methoxy groups -OCH3 is 1. The van der Waals surface area contributed by atoms with Gasteiger partial charge in [0.05, 0.1) is 32.4 Å². The van der Waals surface area contributed by atoms with Gasteiger partial charge < -0.3 is 24.6 Å². The normalized spacial score (nSPS) is 24.1. The molecular weight excluding hydrogens is 434 g/mol. The van der Waals surface area contributed by atoms with Crippen molar-refractivity contribution in [2.24, 2.45) is 11.8 Å². The van der Waals surface area contributed by atoms with Crippen molar-refractivity contribution in [2.75, 3.05) is 26.9 Å². The van der Waals surface area contributed by atoms with Gasteiger partial charge >= 0.3 is 0 Å². The standard InChI is InChI=1S/C26H35N3O5/c1-15(2)9-12-34-20-8-6-17(14-21(20)33-4)25-22-23(18-13-16(3)5-7-19(18)31)27-28-24(22)26(32)29(25)10-11-30/h5-8,13-15,22-25,27-28,30-31H,9-12H2,1-4H3. The van der Waals surface area contributed by atoms with Gasteiger partial charge in [0, 0.05) is 18.0 Å². The van der Waals surface area contributed by atoms with Crippen LogP contribution in [-0.2, 0) is 4.79 Å². The highest BCUT2D eigenvalue weighted by molar-refractivity contribution is 5.86. The lowest BCUT2D eigenvalue weighted by Gasteiger charge is -2.31. The maximum absolute atomic E-state index is 13.3. The molecule has 2 fully saturated rings. The summed E-state index contributed by atoms with van der Waals surface area (Å²) in [6, 6.07) is 10.2. The van der Waals surface area contributed by atoms with E-state index in [1.807, 2.05) is 37.3 Å². The minimum atomic E-state index is -0.477. The number of likely N-dealkylation sites (tertiary alicyclic amines) is 1. The summed E-state index contributed by atoms with van der Waals surface area (Å²) < 4.78 is 11.6. The van der Waals surface area contributed by atoms with E-state index in [0.29, 0.717) is 24.0 Å². The number of hydrazine groups is 1. The van der Waals surface area contributed by atoms with Gasteiger partial charge in [0.1, 0.15) is 11.8 Å². The number of ether oxygens (including phenoxy) is 2. The molecule has 0 bridgehead atoms. The number of β-amino-alcohol motifs (C(OH)–C–C–N with tert-alkyl or cyclic N) is 1. The third kappa shape index (κ3) is 4.58. The highest BCUT2D eigenvalue weighted by Gasteiger charge is 2.55. The van der Waals surface area contributed by atoms with Crippen LogP contribution in [0.25, 0.3) is 0 Å². The van der Waals surface area contributed by atoms with Gasteiger partial charge in [-0.05, 0) is 43.0 Å². The van der Waals surface area contributed by atoms with Crippen LogP contribution in [0.3, 0.4) is 0 Å². The number of fused-ring (bicyclic) bond motifs is 1. The van der Waals surface area contributed by atoms with Crippen LogP contribution in [0.15, 0.2) is 36.4 Å². The molecule has 2 heterocycles. The Labute approximate surface area is 200 Å². The summed E-state index contributed by atoms with van der Waals surface area (Å²) in [6.07, 6.45) is 0.940. The van der Waals surface area contributed by atoms with Gasteiger partial charge in [0.2, 0.25) is 5.91 Å². The van der Waals surface area contributed by atoms with E-state index in [1.54, 1.807) is 18.1 Å². The monoisotopic (exact) mass is 469 g/mol. The first-order valence-electron chi connectivity index (χ1n) is 11.9. The Kier molecular flexibility index (Phi) is 7.30. The molecule has 4 N–H and O–H groups in total. The minimum absolute atomic E-state index is 0.0811. The molecule has 8 heteroatoms. The van der Waals surface area contributed by atoms with Crippen LogP contribution in [0, 0.1) is 18.8 Å². The third-order valence-electron chi connectivity index (χ3n) is 6.75. The van der Waals surface area contributed by atoms with E-state index in [4.69, 9.17) is 9.47 Å². The number of nitrogens with one attached hydrogen (secondary N) is 2. The lowest BCUT2D eigenvalue weighted by Crippen LogP contribution is -2.42. The minimum Gasteiger partial charge on any atom is -0.508 e. The second-order valence-corrected chi connectivity index (χ2v) is 9.52. The van der Waals surface area contributed by atoms with E-state index in [9.17, 15) is 15.0 Å². The molecule has 4 atom stereocenters. The Morgan fingerprint density at radius 1 is 1.09 bits per heavy atom. The molecule has 2 aliphatic heterocycles. The number of amides is 1. The van der Waals surface area contributed by atoms with Crippen molar-refractivity contribution >= 4 is 5.91 Å². The average Bonchev–Trinajstić information content (AvgIpc) is 3.35. The fourth-order valence-electron chi connectivity index (χ4n) is 5.04. The second kappa shape index (κ2) is 10.2. The second-order valence-electron chi connectivity index (χ2n) is 9.52. The molecule has 2 aliphatic rings. The van der Waals surface area contributed by atoms with Gasteiger partial charge in [-0.2, -0.15) is 0 Å². The summed E-state index contributed by atoms with van der Waals surface area (Å²) in [5.74, 6) is 1.71. The average molecular weight is 470 g/mol. The topological polar surface area (TPSA) is 103 Å². The maximum atomic E-state index is 13.3. The van der Waals surface area contributed by atoms with E-state index < -0.39 is 6.04 Å². The van der Waals surface area contributed by atoms with Crippen molar-refractivity contribution in [3.63, 3.8) is 0 Å². The van der Waals surface area contributed by atoms with Crippen molar-refractivity contribution < 1.29 is 24.5 Å². The molecule has 0 saturated carbocycles. The summed E-state index contributed by atoms with van der Waals surface area (Å²) >= 11 is 0. The number of carbonyl (C=O) groups is 1. The Bertz CT molecular complexity index is 1030. The SMILES string of the molecule is COc1cc(C2C3C(NNC3c3cc(C)ccc3O)C(=O)N2CCO)ccc1OCCC(C)C. The van der Waals surface area contributed by atoms with E-state index in [2.05, 4.69) is 24.7 Å². The number of aliphatic hydroxyl groups excluding tert-OH is 1. The lowest BCUT2D eigenvalue weighted by atomic mass is 9.82. The summed E-state index contributed by atoms with van der Waals surface area (Å²) in [4.78, 5) is 15.0. The number of aliphatic hydroxyl groups is 1. The quantitative estimate of drug-likeness (QED) is 0.448. The molecule has 0 aromatic heterocycles. The molecule has 184 valence electrons. The van der Waals surface area contributed by atoms with Crippen LogP contribution in [0.1, 0.15) is 49.0 Å². The predicted octanol–water partition coefficient (Wildman–Crippen LogP) is 2.84. The first-order chi connectivity index (χ1) is 16.3. The van der Waals surface area contributed by atoms with Crippen molar-refractivity contribution in [2.45, 2.75) is 45.3 Å². The van der Waals surface area contributed by atoms with Crippen LogP contribution >= 0.6 is 0 Å². The number of aryl methyl sites for hydroxylation is 1. The zero-order chi connectivity index (χ0) is 24.4. The Morgan fingerprint density at radius 3 is 2.56 bits per heavy atom. The summed E-state index contributed by atoms with van der Waals surface area (Å²) in [6.45, 7) is 6.96. The van der Waals surface area contributed by atoms with E-state index in [1.165, 1.54) is 0 Å². The Morgan fingerprint density at radius 2 is 1.85 bits per heavy atom. The molecule has 2 aromatic rings. The lowest BCUT2D eigenvalue weighted by molar-refractivity contribution is -0.131. The van der Waals surface area contributed by atoms with Gasteiger partial charge in [-0.3, -0.25) is 4.79 Å². The van der Waals surface area contributed by atoms with Crippen LogP contribution < -0.4 is 20.3 Å². The van der Waals surface area contributed by atoms with Crippen LogP contribution in [-0.4, -0.2) is 53.9 Å². The van der Waals surface area contributed by atoms with E-state index in [0.717, 1.165) is 23.1 Å². The van der Waals surface area contributed by atoms with Crippen molar-refractivity contribution in [3.05, 3.63) is 53.1 Å². The number of hydrogen-bond donors (Lipinski definition) is 4. The number of nitrogens with zero attached hydrogens (tertiary/aromatic N) is 1. The largest absolute Gasteiger partial charge is 0.508 e. The highest BCUT2D eigenvalue weighted by Crippen LogP contribution is 2.49. The zero-order valence-electron chi connectivity index (χ0n) is 20.2. The smallest absolute Gasteiger partial charge is 0.242 e. The fourth-order valence-corrected chi connectivity index (χ4v) is 5.04. The molecule has 1 amide bonds. The van der Waals surface area contributed by atoms with E-state index >= 15 is 0 Å². The molecule has 0 spiro atoms. The van der Waals surface area contributed by atoms with Gasteiger partial charge in [0.15, 0.2) is 11.5 Å². The summed E-state index contributed by atoms with van der Waals surface area (Å²) in [5.41, 5.74) is 9.04. The number of benzene rings is 2. The number of carbonyl (C=O) groups excluding carboxylic acids is 1. The number of phenols is 1. The number of hydrogen-bond acceptors (Lipinski definition) is 7. The van der Waals surface area contributed by atoms with Crippen LogP contribution in [0.4, 0.5) is 0 Å². The molecule has 8 nitrogen and oxygen atoms in total. The highest BCUT2D eigenvalue weighted by atomic mass is 16.5. The first-order valence-corrected chi connectivity index (χ1v) is 11.9. The van der Waals surface area contributed by atoms with Gasteiger partial charge in [-0.25, -0.2) is 10.9 Å². The summed E-state index contributed by atoms with van der Waals surface area (Å²) in [5, 5.41) is 20.3. The van der Waals surface area contributed by atoms with E-state index in [-0.39, 0.29) is 42.8 Å². The summed E-state index contributed by atoms with van der Waals surface area (Å²) in [7, 11) is 1.61. The van der Waals surface area contributed by atoms with Gasteiger partial charge in [-0.1, -0.05) is 37.6 Å². The van der Waals surface area contributed by atoms with Crippen molar-refractivity contribution in [1.29, 1.82) is 0 Å². The molecular formula is C26H35N3O5. The first kappa shape index (κ1) is 24.3. The Balaban J connectivity index is 1.71.